The van der Waals surface area contributed by atoms with Crippen LogP contribution in [0.4, 0.5) is 14.5 Å². The number of likely N-dealkylation sites (tertiary alicyclic amines) is 1. The van der Waals surface area contributed by atoms with Gasteiger partial charge in [-0.25, -0.2) is 13.6 Å². The summed E-state index contributed by atoms with van der Waals surface area (Å²) in [7, 11) is 0. The zero-order valence-electron chi connectivity index (χ0n) is 25.8. The lowest BCUT2D eigenvalue weighted by atomic mass is 9.78. The number of carboxylic acid groups (broad SMARTS) is 1. The third-order valence-electron chi connectivity index (χ3n) is 9.45. The number of ether oxygens (including phenoxy) is 2. The average molecular weight is 647 g/mol. The number of halogens is 2. The lowest BCUT2D eigenvalue weighted by molar-refractivity contribution is -0.214. The molecule has 0 radical (unpaired) electrons. The summed E-state index contributed by atoms with van der Waals surface area (Å²) in [5.41, 5.74) is 2.21. The van der Waals surface area contributed by atoms with E-state index in [4.69, 9.17) is 9.47 Å². The largest absolute Gasteiger partial charge is 0.480 e. The highest BCUT2D eigenvalue weighted by atomic mass is 19.1. The first-order valence-corrected chi connectivity index (χ1v) is 15.8. The van der Waals surface area contributed by atoms with E-state index in [2.05, 4.69) is 0 Å². The molecule has 0 aromatic heterocycles. The lowest BCUT2D eigenvalue weighted by Gasteiger charge is -2.47. The number of carbonyl (C=O) groups is 4. The molecule has 11 heteroatoms. The van der Waals surface area contributed by atoms with Crippen LogP contribution >= 0.6 is 0 Å². The van der Waals surface area contributed by atoms with E-state index in [9.17, 15) is 33.1 Å². The maximum Gasteiger partial charge on any atom is 0.326 e. The van der Waals surface area contributed by atoms with Crippen LogP contribution in [-0.4, -0.2) is 71.6 Å². The van der Waals surface area contributed by atoms with E-state index in [1.807, 2.05) is 24.3 Å². The molecular weight excluding hydrogens is 610 g/mol. The highest BCUT2D eigenvalue weighted by Gasteiger charge is 2.48. The van der Waals surface area contributed by atoms with E-state index in [-0.39, 0.29) is 36.7 Å². The number of ketones is 1. The van der Waals surface area contributed by atoms with Gasteiger partial charge in [-0.15, -0.1) is 0 Å². The number of aryl methyl sites for hydroxylation is 1. The van der Waals surface area contributed by atoms with Crippen molar-refractivity contribution in [2.24, 2.45) is 5.92 Å². The lowest BCUT2D eigenvalue weighted by Crippen LogP contribution is -2.55. The van der Waals surface area contributed by atoms with Crippen LogP contribution in [0.25, 0.3) is 0 Å². The minimum atomic E-state index is -1.00. The minimum Gasteiger partial charge on any atom is -0.480 e. The fourth-order valence-electron chi connectivity index (χ4n) is 6.67. The molecule has 0 saturated carbocycles. The number of carbonyl (C=O) groups excluding carboxylic acids is 3. The molecule has 1 N–H and O–H groups in total. The summed E-state index contributed by atoms with van der Waals surface area (Å²) >= 11 is 0. The van der Waals surface area contributed by atoms with Crippen molar-refractivity contribution in [2.75, 3.05) is 31.3 Å². The first kappa shape index (κ1) is 32.5. The molecule has 3 heterocycles. The maximum atomic E-state index is 13.7. The van der Waals surface area contributed by atoms with Crippen molar-refractivity contribution in [1.82, 2.24) is 4.90 Å². The van der Waals surface area contributed by atoms with Crippen molar-refractivity contribution < 1.29 is 42.5 Å². The van der Waals surface area contributed by atoms with E-state index >= 15 is 0 Å². The first-order chi connectivity index (χ1) is 22.6. The van der Waals surface area contributed by atoms with Crippen LogP contribution < -0.4 is 4.90 Å². The van der Waals surface area contributed by atoms with Crippen molar-refractivity contribution >= 4 is 29.3 Å². The highest BCUT2D eigenvalue weighted by molar-refractivity contribution is 6.04. The summed E-state index contributed by atoms with van der Waals surface area (Å²) in [6, 6.07) is 17.8. The Morgan fingerprint density at radius 3 is 2.21 bits per heavy atom. The van der Waals surface area contributed by atoms with Crippen molar-refractivity contribution in [2.45, 2.75) is 56.2 Å². The highest BCUT2D eigenvalue weighted by Crippen LogP contribution is 2.46. The number of hydrogen-bond acceptors (Lipinski definition) is 6. The fraction of sp³-hybridized carbons (Fsp3) is 0.389. The molecule has 2 amide bonds. The van der Waals surface area contributed by atoms with E-state index in [0.29, 0.717) is 63.1 Å². The third kappa shape index (κ3) is 6.96. The molecule has 0 bridgehead atoms. The second-order valence-corrected chi connectivity index (χ2v) is 12.5. The second-order valence-electron chi connectivity index (χ2n) is 12.5. The van der Waals surface area contributed by atoms with E-state index in [1.54, 1.807) is 17.0 Å². The van der Waals surface area contributed by atoms with Gasteiger partial charge >= 0.3 is 5.97 Å². The Morgan fingerprint density at radius 1 is 0.936 bits per heavy atom. The van der Waals surface area contributed by atoms with E-state index < -0.39 is 35.2 Å². The molecule has 3 aliphatic rings. The molecule has 3 aromatic carbocycles. The van der Waals surface area contributed by atoms with Crippen LogP contribution in [0.5, 0.6) is 0 Å². The fourth-order valence-corrected chi connectivity index (χ4v) is 6.67. The Morgan fingerprint density at radius 2 is 1.60 bits per heavy atom. The number of β-lactam (4-membered cyclic amide) rings is 1. The van der Waals surface area contributed by atoms with Crippen molar-refractivity contribution in [3.05, 3.63) is 101 Å². The van der Waals surface area contributed by atoms with Crippen LogP contribution in [0.1, 0.15) is 59.6 Å². The van der Waals surface area contributed by atoms with Crippen molar-refractivity contribution in [1.29, 1.82) is 0 Å². The quantitative estimate of drug-likeness (QED) is 0.203. The monoisotopic (exact) mass is 646 g/mol. The van der Waals surface area contributed by atoms with Gasteiger partial charge in [-0.1, -0.05) is 24.3 Å². The van der Waals surface area contributed by atoms with E-state index in [1.165, 1.54) is 41.3 Å². The van der Waals surface area contributed by atoms with Gasteiger partial charge in [0.15, 0.2) is 5.78 Å². The molecule has 3 aromatic rings. The standard InChI is InChI=1S/C36H36F2N2O7/c37-26-9-7-24(8-10-26)31(41)16-15-29-33(40(34(29)43)28-13-11-27(38)12-14-28)25-5-3-23(4-6-25)17-18-36(21-46-22-36)47-20-32(42)39-19-1-2-30(39)35(44)45/h3-14,29-30,33H,1-2,15-22H2,(H,44,45)/t29-,30-,33-/m1/s1. The smallest absolute Gasteiger partial charge is 0.326 e. The Hall–Kier alpha value is -4.48. The molecule has 0 unspecified atom stereocenters. The normalized spacial score (nSPS) is 21.7. The van der Waals surface area contributed by atoms with Gasteiger partial charge in [0, 0.05) is 24.2 Å². The summed E-state index contributed by atoms with van der Waals surface area (Å²) in [5, 5.41) is 9.40. The zero-order valence-corrected chi connectivity index (χ0v) is 25.8. The summed E-state index contributed by atoms with van der Waals surface area (Å²) in [6.45, 7) is 0.892. The van der Waals surface area contributed by atoms with Gasteiger partial charge in [-0.3, -0.25) is 14.4 Å². The molecular formula is C36H36F2N2O7. The first-order valence-electron chi connectivity index (χ1n) is 15.8. The predicted octanol–water partition coefficient (Wildman–Crippen LogP) is 5.13. The van der Waals surface area contributed by atoms with Crippen LogP contribution in [0, 0.1) is 17.6 Å². The molecule has 6 rings (SSSR count). The van der Waals surface area contributed by atoms with Gasteiger partial charge in [-0.05, 0) is 91.8 Å². The SMILES string of the molecule is O=C(CC[C@H]1C(=O)N(c2ccc(F)cc2)[C@@H]1c1ccc(CCC2(OCC(=O)N3CCC[C@@H]3C(=O)O)COC2)cc1)c1ccc(F)cc1. The number of amides is 2. The van der Waals surface area contributed by atoms with Gasteiger partial charge in [0.25, 0.3) is 0 Å². The summed E-state index contributed by atoms with van der Waals surface area (Å²) in [4.78, 5) is 53.4. The molecule has 0 aliphatic carbocycles. The molecule has 3 aliphatic heterocycles. The van der Waals surface area contributed by atoms with Gasteiger partial charge in [0.1, 0.15) is 29.9 Å². The number of benzene rings is 3. The molecule has 9 nitrogen and oxygen atoms in total. The maximum absolute atomic E-state index is 13.7. The second kappa shape index (κ2) is 13.7. The number of hydrogen-bond donors (Lipinski definition) is 1. The zero-order chi connectivity index (χ0) is 33.1. The Bertz CT molecular complexity index is 1620. The molecule has 3 fully saturated rings. The number of aliphatic carboxylic acids is 1. The van der Waals surface area contributed by atoms with Crippen LogP contribution in [-0.2, 0) is 30.3 Å². The topological polar surface area (TPSA) is 113 Å². The third-order valence-corrected chi connectivity index (χ3v) is 9.45. The summed E-state index contributed by atoms with van der Waals surface area (Å²) in [5.74, 6) is -2.97. The van der Waals surface area contributed by atoms with Gasteiger partial charge in [0.05, 0.1) is 25.2 Å². The number of Topliss-reactive ketones (excluding diaryl/α,β-unsaturated/α-hetero) is 1. The van der Waals surface area contributed by atoms with E-state index in [0.717, 1.165) is 11.1 Å². The summed E-state index contributed by atoms with van der Waals surface area (Å²) in [6.07, 6.45) is 2.76. The number of carboxylic acids is 1. The Balaban J connectivity index is 1.10. The van der Waals surface area contributed by atoms with Gasteiger partial charge < -0.3 is 24.4 Å². The van der Waals surface area contributed by atoms with Crippen LogP contribution in [0.3, 0.4) is 0 Å². The van der Waals surface area contributed by atoms with Crippen LogP contribution in [0.15, 0.2) is 72.8 Å². The molecule has 3 saturated heterocycles. The average Bonchev–Trinajstić information content (AvgIpc) is 3.55. The number of anilines is 1. The minimum absolute atomic E-state index is 0.120. The number of rotatable bonds is 13. The van der Waals surface area contributed by atoms with Gasteiger partial charge in [0.2, 0.25) is 11.8 Å². The van der Waals surface area contributed by atoms with Crippen LogP contribution in [0.2, 0.25) is 0 Å². The number of nitrogens with zero attached hydrogens (tertiary/aromatic N) is 2. The molecule has 47 heavy (non-hydrogen) atoms. The Labute approximate surface area is 271 Å². The Kier molecular flexibility index (Phi) is 9.47. The van der Waals surface area contributed by atoms with Crippen molar-refractivity contribution in [3.8, 4) is 0 Å². The van der Waals surface area contributed by atoms with Crippen molar-refractivity contribution in [3.63, 3.8) is 0 Å². The molecule has 3 atom stereocenters. The molecule has 0 spiro atoms. The van der Waals surface area contributed by atoms with Gasteiger partial charge in [-0.2, -0.15) is 0 Å². The molecule has 246 valence electrons. The predicted molar refractivity (Wildman–Crippen MR) is 167 cm³/mol. The summed E-state index contributed by atoms with van der Waals surface area (Å²) < 4.78 is 38.5.